The first kappa shape index (κ1) is 24.5. The van der Waals surface area contributed by atoms with Gasteiger partial charge in [-0.25, -0.2) is 0 Å². The SMILES string of the molecule is CCCCNC(=O)c1ccc(NC(=O)CNc2cccc(C(=O)NCc3ccccc3)c2)cc1. The first-order valence-corrected chi connectivity index (χ1v) is 11.4. The van der Waals surface area contributed by atoms with Crippen molar-refractivity contribution in [1.82, 2.24) is 10.6 Å². The van der Waals surface area contributed by atoms with Crippen molar-refractivity contribution in [3.63, 3.8) is 0 Å². The van der Waals surface area contributed by atoms with E-state index in [1.54, 1.807) is 48.5 Å². The molecule has 0 saturated carbocycles. The molecule has 0 spiro atoms. The van der Waals surface area contributed by atoms with Crippen LogP contribution in [-0.4, -0.2) is 30.8 Å². The number of benzene rings is 3. The molecule has 3 amide bonds. The number of carbonyl (C=O) groups is 3. The van der Waals surface area contributed by atoms with Gasteiger partial charge in [-0.3, -0.25) is 14.4 Å². The molecule has 0 aliphatic heterocycles. The molecule has 34 heavy (non-hydrogen) atoms. The number of carbonyl (C=O) groups excluding carboxylic acids is 3. The summed E-state index contributed by atoms with van der Waals surface area (Å²) in [6.45, 7) is 3.20. The molecule has 3 aromatic carbocycles. The lowest BCUT2D eigenvalue weighted by molar-refractivity contribution is -0.114. The molecule has 0 fully saturated rings. The summed E-state index contributed by atoms with van der Waals surface area (Å²) >= 11 is 0. The van der Waals surface area contributed by atoms with Crippen LogP contribution in [0.25, 0.3) is 0 Å². The highest BCUT2D eigenvalue weighted by Crippen LogP contribution is 2.12. The molecule has 3 rings (SSSR count). The van der Waals surface area contributed by atoms with E-state index in [1.165, 1.54) is 0 Å². The standard InChI is InChI=1S/C27H30N4O3/c1-2-3-16-28-26(33)21-12-14-23(15-13-21)31-25(32)19-29-24-11-7-10-22(17-24)27(34)30-18-20-8-5-4-6-9-20/h4-15,17,29H,2-3,16,18-19H2,1H3,(H,28,33)(H,30,34)(H,31,32). The Morgan fingerprint density at radius 2 is 1.47 bits per heavy atom. The van der Waals surface area contributed by atoms with Gasteiger partial charge in [0.1, 0.15) is 0 Å². The average Bonchev–Trinajstić information content (AvgIpc) is 2.87. The van der Waals surface area contributed by atoms with E-state index < -0.39 is 0 Å². The normalized spacial score (nSPS) is 10.3. The second-order valence-corrected chi connectivity index (χ2v) is 7.84. The van der Waals surface area contributed by atoms with E-state index in [1.807, 2.05) is 30.3 Å². The maximum Gasteiger partial charge on any atom is 0.251 e. The fourth-order valence-corrected chi connectivity index (χ4v) is 3.22. The third-order valence-corrected chi connectivity index (χ3v) is 5.12. The Morgan fingerprint density at radius 1 is 0.735 bits per heavy atom. The van der Waals surface area contributed by atoms with E-state index in [2.05, 4.69) is 28.2 Å². The molecule has 3 aromatic rings. The summed E-state index contributed by atoms with van der Waals surface area (Å²) in [5.74, 6) is -0.546. The van der Waals surface area contributed by atoms with Gasteiger partial charge in [0.2, 0.25) is 5.91 Å². The molecule has 176 valence electrons. The lowest BCUT2D eigenvalue weighted by atomic mass is 10.1. The lowest BCUT2D eigenvalue weighted by Crippen LogP contribution is -2.24. The van der Waals surface area contributed by atoms with Crippen LogP contribution in [0.5, 0.6) is 0 Å². The quantitative estimate of drug-likeness (QED) is 0.324. The molecular weight excluding hydrogens is 428 g/mol. The Labute approximate surface area is 200 Å². The second-order valence-electron chi connectivity index (χ2n) is 7.84. The zero-order valence-corrected chi connectivity index (χ0v) is 19.3. The smallest absolute Gasteiger partial charge is 0.251 e. The molecule has 7 heteroatoms. The molecule has 0 aliphatic rings. The minimum Gasteiger partial charge on any atom is -0.376 e. The lowest BCUT2D eigenvalue weighted by Gasteiger charge is -2.10. The number of hydrogen-bond donors (Lipinski definition) is 4. The van der Waals surface area contributed by atoms with Gasteiger partial charge >= 0.3 is 0 Å². The van der Waals surface area contributed by atoms with Gasteiger partial charge in [0.25, 0.3) is 11.8 Å². The Kier molecular flexibility index (Phi) is 9.22. The Balaban J connectivity index is 1.46. The Morgan fingerprint density at radius 3 is 2.21 bits per heavy atom. The molecule has 0 atom stereocenters. The van der Waals surface area contributed by atoms with Gasteiger partial charge in [0, 0.05) is 35.6 Å². The highest BCUT2D eigenvalue weighted by Gasteiger charge is 2.09. The molecule has 0 radical (unpaired) electrons. The summed E-state index contributed by atoms with van der Waals surface area (Å²) in [4.78, 5) is 36.8. The molecule has 0 aliphatic carbocycles. The van der Waals surface area contributed by atoms with Gasteiger partial charge in [0.15, 0.2) is 0 Å². The van der Waals surface area contributed by atoms with Crippen LogP contribution >= 0.6 is 0 Å². The molecular formula is C27H30N4O3. The molecule has 0 aromatic heterocycles. The number of unbranched alkanes of at least 4 members (excludes halogenated alkanes) is 1. The zero-order valence-electron chi connectivity index (χ0n) is 19.3. The molecule has 0 heterocycles. The minimum atomic E-state index is -0.237. The highest BCUT2D eigenvalue weighted by atomic mass is 16.2. The number of anilines is 2. The average molecular weight is 459 g/mol. The van der Waals surface area contributed by atoms with Crippen LogP contribution in [0.2, 0.25) is 0 Å². The van der Waals surface area contributed by atoms with Crippen molar-refractivity contribution in [3.05, 3.63) is 95.6 Å². The Hall–Kier alpha value is -4.13. The van der Waals surface area contributed by atoms with Crippen molar-refractivity contribution in [2.24, 2.45) is 0 Å². The van der Waals surface area contributed by atoms with Gasteiger partial charge in [-0.15, -0.1) is 0 Å². The number of amides is 3. The number of hydrogen-bond acceptors (Lipinski definition) is 4. The fraction of sp³-hybridized carbons (Fsp3) is 0.222. The third-order valence-electron chi connectivity index (χ3n) is 5.12. The van der Waals surface area contributed by atoms with Gasteiger partial charge in [-0.1, -0.05) is 49.7 Å². The van der Waals surface area contributed by atoms with Crippen LogP contribution < -0.4 is 21.3 Å². The number of rotatable bonds is 11. The molecule has 7 nitrogen and oxygen atoms in total. The summed E-state index contributed by atoms with van der Waals surface area (Å²) < 4.78 is 0. The van der Waals surface area contributed by atoms with Gasteiger partial charge in [0.05, 0.1) is 6.54 Å². The predicted molar refractivity (Wildman–Crippen MR) is 135 cm³/mol. The van der Waals surface area contributed by atoms with Crippen molar-refractivity contribution in [1.29, 1.82) is 0 Å². The predicted octanol–water partition coefficient (Wildman–Crippen LogP) is 4.20. The van der Waals surface area contributed by atoms with E-state index in [0.29, 0.717) is 35.6 Å². The van der Waals surface area contributed by atoms with E-state index in [4.69, 9.17) is 0 Å². The minimum absolute atomic E-state index is 0.0361. The van der Waals surface area contributed by atoms with Gasteiger partial charge in [-0.05, 0) is 54.4 Å². The summed E-state index contributed by atoms with van der Waals surface area (Å²) in [6, 6.07) is 23.4. The van der Waals surface area contributed by atoms with Crippen molar-refractivity contribution in [2.75, 3.05) is 23.7 Å². The van der Waals surface area contributed by atoms with Crippen LogP contribution in [-0.2, 0) is 11.3 Å². The second kappa shape index (κ2) is 12.8. The first-order valence-electron chi connectivity index (χ1n) is 11.4. The van der Waals surface area contributed by atoms with Crippen molar-refractivity contribution >= 4 is 29.1 Å². The fourth-order valence-electron chi connectivity index (χ4n) is 3.22. The van der Waals surface area contributed by atoms with E-state index in [9.17, 15) is 14.4 Å². The van der Waals surface area contributed by atoms with E-state index in [-0.39, 0.29) is 24.3 Å². The van der Waals surface area contributed by atoms with Crippen molar-refractivity contribution < 1.29 is 14.4 Å². The first-order chi connectivity index (χ1) is 16.5. The monoisotopic (exact) mass is 458 g/mol. The summed E-state index contributed by atoms with van der Waals surface area (Å²) in [5, 5.41) is 11.6. The van der Waals surface area contributed by atoms with Gasteiger partial charge in [-0.2, -0.15) is 0 Å². The largest absolute Gasteiger partial charge is 0.376 e. The highest BCUT2D eigenvalue weighted by molar-refractivity contribution is 5.97. The van der Waals surface area contributed by atoms with Crippen LogP contribution in [0.3, 0.4) is 0 Å². The van der Waals surface area contributed by atoms with Crippen molar-refractivity contribution in [2.45, 2.75) is 26.3 Å². The topological polar surface area (TPSA) is 99.3 Å². The Bertz CT molecular complexity index is 1100. The van der Waals surface area contributed by atoms with Crippen LogP contribution in [0.4, 0.5) is 11.4 Å². The maximum atomic E-state index is 12.5. The van der Waals surface area contributed by atoms with Crippen LogP contribution in [0, 0.1) is 0 Å². The van der Waals surface area contributed by atoms with E-state index in [0.717, 1.165) is 18.4 Å². The summed E-state index contributed by atoms with van der Waals surface area (Å²) in [7, 11) is 0. The zero-order chi connectivity index (χ0) is 24.2. The molecule has 0 saturated heterocycles. The van der Waals surface area contributed by atoms with Gasteiger partial charge < -0.3 is 21.3 Å². The van der Waals surface area contributed by atoms with Crippen LogP contribution in [0.1, 0.15) is 46.0 Å². The summed E-state index contributed by atoms with van der Waals surface area (Å²) in [6.07, 6.45) is 1.96. The number of nitrogens with one attached hydrogen (secondary N) is 4. The molecule has 4 N–H and O–H groups in total. The maximum absolute atomic E-state index is 12.5. The van der Waals surface area contributed by atoms with Crippen LogP contribution in [0.15, 0.2) is 78.9 Å². The molecule has 0 unspecified atom stereocenters. The van der Waals surface area contributed by atoms with E-state index >= 15 is 0 Å². The summed E-state index contributed by atoms with van der Waals surface area (Å²) in [5.41, 5.74) is 3.35. The molecule has 0 bridgehead atoms. The van der Waals surface area contributed by atoms with Crippen molar-refractivity contribution in [3.8, 4) is 0 Å². The third kappa shape index (κ3) is 7.78.